The maximum absolute atomic E-state index is 5.22. The van der Waals surface area contributed by atoms with Crippen molar-refractivity contribution in [2.45, 2.75) is 27.2 Å². The maximum atomic E-state index is 5.22. The van der Waals surface area contributed by atoms with Crippen LogP contribution in [-0.4, -0.2) is 24.7 Å². The van der Waals surface area contributed by atoms with Gasteiger partial charge in [0.25, 0.3) is 0 Å². The quantitative estimate of drug-likeness (QED) is 0.470. The number of rotatable bonds is 8. The molecule has 0 aromatic rings. The monoisotopic (exact) mass is 191 g/mol. The molecule has 0 amide bonds. The first-order valence-corrected chi connectivity index (χ1v) is 5.85. The van der Waals surface area contributed by atoms with Gasteiger partial charge in [-0.15, -0.1) is 0 Å². The van der Waals surface area contributed by atoms with Crippen LogP contribution < -0.4 is 5.48 Å². The minimum atomic E-state index is 0.613. The molecule has 3 heteroatoms. The lowest BCUT2D eigenvalue weighted by atomic mass is 10.2. The summed E-state index contributed by atoms with van der Waals surface area (Å²) in [4.78, 5) is 5.22. The van der Waals surface area contributed by atoms with Gasteiger partial charge in [-0.3, -0.25) is 0 Å². The van der Waals surface area contributed by atoms with E-state index in [2.05, 4.69) is 26.3 Å². The van der Waals surface area contributed by atoms with Gasteiger partial charge in [0, 0.05) is 6.54 Å². The third kappa shape index (κ3) is 10.3. The van der Waals surface area contributed by atoms with Crippen molar-refractivity contribution < 1.29 is 4.84 Å². The van der Waals surface area contributed by atoms with Crippen molar-refractivity contribution in [1.29, 1.82) is 0 Å². The molecule has 1 N–H and O–H groups in total. The summed E-state index contributed by atoms with van der Waals surface area (Å²) in [5, 5.41) is 0. The van der Waals surface area contributed by atoms with E-state index in [4.69, 9.17) is 4.84 Å². The average Bonchev–Trinajstić information content (AvgIpc) is 2.02. The zero-order valence-electron chi connectivity index (χ0n) is 8.43. The molecule has 0 aliphatic rings. The molecule has 0 bridgehead atoms. The highest BCUT2D eigenvalue weighted by molar-refractivity contribution is 7.99. The van der Waals surface area contributed by atoms with Gasteiger partial charge < -0.3 is 4.84 Å². The average molecular weight is 191 g/mol. The van der Waals surface area contributed by atoms with E-state index in [0.29, 0.717) is 5.92 Å². The largest absolute Gasteiger partial charge is 0.302 e. The Morgan fingerprint density at radius 1 is 1.42 bits per heavy atom. The molecule has 0 radical (unpaired) electrons. The lowest BCUT2D eigenvalue weighted by Gasteiger charge is -2.07. The van der Waals surface area contributed by atoms with Gasteiger partial charge in [-0.05, 0) is 23.8 Å². The first-order chi connectivity index (χ1) is 5.77. The SMILES string of the molecule is CCSCCCNOCC(C)C. The van der Waals surface area contributed by atoms with Crippen LogP contribution in [0, 0.1) is 5.92 Å². The smallest absolute Gasteiger partial charge is 0.0705 e. The standard InChI is InChI=1S/C9H21NOS/c1-4-12-7-5-6-10-11-8-9(2)3/h9-10H,4-8H2,1-3H3. The molecule has 0 unspecified atom stereocenters. The molecule has 12 heavy (non-hydrogen) atoms. The maximum Gasteiger partial charge on any atom is 0.0705 e. The fraction of sp³-hybridized carbons (Fsp3) is 1.00. The van der Waals surface area contributed by atoms with Crippen LogP contribution in [0.5, 0.6) is 0 Å². The van der Waals surface area contributed by atoms with E-state index in [-0.39, 0.29) is 0 Å². The molecule has 2 nitrogen and oxygen atoms in total. The lowest BCUT2D eigenvalue weighted by molar-refractivity contribution is 0.0243. The summed E-state index contributed by atoms with van der Waals surface area (Å²) >= 11 is 1.98. The second-order valence-corrected chi connectivity index (χ2v) is 4.54. The van der Waals surface area contributed by atoms with Gasteiger partial charge in [0.1, 0.15) is 0 Å². The minimum Gasteiger partial charge on any atom is -0.302 e. The van der Waals surface area contributed by atoms with E-state index in [9.17, 15) is 0 Å². The second kappa shape index (κ2) is 9.36. The first-order valence-electron chi connectivity index (χ1n) is 4.69. The van der Waals surface area contributed by atoms with Gasteiger partial charge in [-0.25, -0.2) is 5.48 Å². The summed E-state index contributed by atoms with van der Waals surface area (Å²) in [6.45, 7) is 8.26. The van der Waals surface area contributed by atoms with Crippen LogP contribution in [0.15, 0.2) is 0 Å². The van der Waals surface area contributed by atoms with Gasteiger partial charge in [-0.2, -0.15) is 11.8 Å². The van der Waals surface area contributed by atoms with Crippen molar-refractivity contribution in [3.05, 3.63) is 0 Å². The first kappa shape index (κ1) is 12.3. The van der Waals surface area contributed by atoms with Crippen molar-refractivity contribution in [3.63, 3.8) is 0 Å². The molecule has 0 saturated carbocycles. The van der Waals surface area contributed by atoms with Gasteiger partial charge >= 0.3 is 0 Å². The van der Waals surface area contributed by atoms with E-state index >= 15 is 0 Å². The molecule has 0 aliphatic heterocycles. The number of hydrogen-bond acceptors (Lipinski definition) is 3. The molecule has 74 valence electrons. The third-order valence-corrected chi connectivity index (χ3v) is 2.28. The topological polar surface area (TPSA) is 21.3 Å². The van der Waals surface area contributed by atoms with Crippen LogP contribution in [0.4, 0.5) is 0 Å². The second-order valence-electron chi connectivity index (χ2n) is 3.15. The van der Waals surface area contributed by atoms with Crippen LogP contribution in [-0.2, 0) is 4.84 Å². The fourth-order valence-corrected chi connectivity index (χ4v) is 1.33. The molecule has 0 saturated heterocycles. The third-order valence-electron chi connectivity index (χ3n) is 1.29. The Kier molecular flexibility index (Phi) is 9.57. The zero-order valence-corrected chi connectivity index (χ0v) is 9.25. The molecule has 0 atom stereocenters. The van der Waals surface area contributed by atoms with Crippen molar-refractivity contribution in [1.82, 2.24) is 5.48 Å². The summed E-state index contributed by atoms with van der Waals surface area (Å²) in [5.41, 5.74) is 2.96. The number of nitrogens with one attached hydrogen (secondary N) is 1. The Morgan fingerprint density at radius 2 is 2.17 bits per heavy atom. The predicted octanol–water partition coefficient (Wildman–Crippen LogP) is 2.31. The van der Waals surface area contributed by atoms with Gasteiger partial charge in [0.15, 0.2) is 0 Å². The Balaban J connectivity index is 2.82. The van der Waals surface area contributed by atoms with E-state index < -0.39 is 0 Å². The normalized spacial score (nSPS) is 11.0. The summed E-state index contributed by atoms with van der Waals surface area (Å²) in [5.74, 6) is 3.06. The highest BCUT2D eigenvalue weighted by Crippen LogP contribution is 1.99. The van der Waals surface area contributed by atoms with E-state index in [1.807, 2.05) is 11.8 Å². The molecule has 0 spiro atoms. The molecular formula is C9H21NOS. The van der Waals surface area contributed by atoms with Crippen molar-refractivity contribution >= 4 is 11.8 Å². The van der Waals surface area contributed by atoms with Crippen LogP contribution >= 0.6 is 11.8 Å². The van der Waals surface area contributed by atoms with Crippen LogP contribution in [0.25, 0.3) is 0 Å². The fourth-order valence-electron chi connectivity index (χ4n) is 0.688. The Bertz CT molecular complexity index is 88.6. The van der Waals surface area contributed by atoms with Crippen LogP contribution in [0.1, 0.15) is 27.2 Å². The minimum absolute atomic E-state index is 0.613. The Hall–Kier alpha value is 0.270. The number of hydrogen-bond donors (Lipinski definition) is 1. The van der Waals surface area contributed by atoms with Crippen molar-refractivity contribution in [2.24, 2.45) is 5.92 Å². The van der Waals surface area contributed by atoms with E-state index in [0.717, 1.165) is 13.2 Å². The molecule has 0 aromatic carbocycles. The molecule has 0 heterocycles. The van der Waals surface area contributed by atoms with Gasteiger partial charge in [-0.1, -0.05) is 20.8 Å². The van der Waals surface area contributed by atoms with Crippen molar-refractivity contribution in [3.8, 4) is 0 Å². The number of hydroxylamine groups is 1. The zero-order chi connectivity index (χ0) is 9.23. The summed E-state index contributed by atoms with van der Waals surface area (Å²) in [7, 11) is 0. The van der Waals surface area contributed by atoms with Crippen LogP contribution in [0.2, 0.25) is 0 Å². The highest BCUT2D eigenvalue weighted by atomic mass is 32.2. The molecule has 0 rings (SSSR count). The molecule has 0 aromatic heterocycles. The van der Waals surface area contributed by atoms with Crippen molar-refractivity contribution in [2.75, 3.05) is 24.7 Å². The number of thioether (sulfide) groups is 1. The summed E-state index contributed by atoms with van der Waals surface area (Å²) in [6.07, 6.45) is 1.19. The van der Waals surface area contributed by atoms with Crippen LogP contribution in [0.3, 0.4) is 0 Å². The highest BCUT2D eigenvalue weighted by Gasteiger charge is 1.92. The van der Waals surface area contributed by atoms with E-state index in [1.54, 1.807) is 0 Å². The summed E-state index contributed by atoms with van der Waals surface area (Å²) < 4.78 is 0. The van der Waals surface area contributed by atoms with E-state index in [1.165, 1.54) is 17.9 Å². The lowest BCUT2D eigenvalue weighted by Crippen LogP contribution is -2.19. The summed E-state index contributed by atoms with van der Waals surface area (Å²) in [6, 6.07) is 0. The Morgan fingerprint density at radius 3 is 2.75 bits per heavy atom. The molecular weight excluding hydrogens is 170 g/mol. The molecule has 0 fully saturated rings. The van der Waals surface area contributed by atoms with Gasteiger partial charge in [0.05, 0.1) is 6.61 Å². The Labute approximate surface area is 80.4 Å². The molecule has 0 aliphatic carbocycles. The van der Waals surface area contributed by atoms with Gasteiger partial charge in [0.2, 0.25) is 0 Å². The predicted molar refractivity (Wildman–Crippen MR) is 56.4 cm³/mol.